The largest absolute Gasteiger partial charge is 0.495 e. The van der Waals surface area contributed by atoms with Gasteiger partial charge in [0.25, 0.3) is 0 Å². The number of halogens is 1. The Kier molecular flexibility index (Phi) is 7.74. The van der Waals surface area contributed by atoms with Crippen LogP contribution in [0.3, 0.4) is 0 Å². The number of ether oxygens (including phenoxy) is 1. The van der Waals surface area contributed by atoms with Gasteiger partial charge >= 0.3 is 0 Å². The second-order valence-electron chi connectivity index (χ2n) is 7.47. The van der Waals surface area contributed by atoms with Crippen molar-refractivity contribution in [1.29, 1.82) is 0 Å². The van der Waals surface area contributed by atoms with Gasteiger partial charge in [0, 0.05) is 23.6 Å². The number of methoxy groups -OCH3 is 1. The van der Waals surface area contributed by atoms with Crippen LogP contribution in [0.4, 0.5) is 23.0 Å². The van der Waals surface area contributed by atoms with Gasteiger partial charge in [0.15, 0.2) is 0 Å². The van der Waals surface area contributed by atoms with Gasteiger partial charge in [-0.2, -0.15) is 0 Å². The van der Waals surface area contributed by atoms with E-state index in [-0.39, 0.29) is 5.91 Å². The average Bonchev–Trinajstić information content (AvgIpc) is 2.82. The molecule has 2 aromatic carbocycles. The van der Waals surface area contributed by atoms with Crippen molar-refractivity contribution in [3.8, 4) is 5.75 Å². The number of hydrogen-bond donors (Lipinski definition) is 2. The zero-order valence-electron chi connectivity index (χ0n) is 18.6. The van der Waals surface area contributed by atoms with E-state index in [0.717, 1.165) is 5.56 Å². The monoisotopic (exact) mass is 485 g/mol. The Morgan fingerprint density at radius 3 is 2.55 bits per heavy atom. The van der Waals surface area contributed by atoms with E-state index in [2.05, 4.69) is 27.2 Å². The summed E-state index contributed by atoms with van der Waals surface area (Å²) < 4.78 is 19.5. The molecule has 0 bridgehead atoms. The number of anilines is 4. The molecule has 33 heavy (non-hydrogen) atoms. The molecule has 0 aliphatic heterocycles. The SMILES string of the molecule is C=CC(=O)NCc1ccc(OC)c(Nc2ncc(N(Cl)c3ccccc3P(C)(C)=O)cn2)c1. The van der Waals surface area contributed by atoms with Crippen molar-refractivity contribution in [2.75, 3.05) is 30.2 Å². The van der Waals surface area contributed by atoms with E-state index in [9.17, 15) is 9.36 Å². The molecule has 0 fully saturated rings. The fourth-order valence-corrected chi connectivity index (χ4v) is 4.52. The van der Waals surface area contributed by atoms with Crippen LogP contribution in [0.5, 0.6) is 5.75 Å². The first kappa shape index (κ1) is 24.3. The van der Waals surface area contributed by atoms with E-state index in [1.807, 2.05) is 24.3 Å². The minimum absolute atomic E-state index is 0.256. The molecule has 172 valence electrons. The lowest BCUT2D eigenvalue weighted by Gasteiger charge is -2.21. The van der Waals surface area contributed by atoms with Crippen molar-refractivity contribution in [3.63, 3.8) is 0 Å². The fraction of sp³-hybridized carbons (Fsp3) is 0.174. The molecule has 1 heterocycles. The van der Waals surface area contributed by atoms with Crippen molar-refractivity contribution >= 4 is 53.1 Å². The molecule has 0 aliphatic carbocycles. The molecular formula is C23H25ClN5O3P. The maximum Gasteiger partial charge on any atom is 0.243 e. The Bertz CT molecular complexity index is 1200. The Hall–Kier alpha value is -3.35. The van der Waals surface area contributed by atoms with Gasteiger partial charge in [0.05, 0.1) is 36.6 Å². The van der Waals surface area contributed by atoms with Gasteiger partial charge in [-0.1, -0.05) is 24.8 Å². The van der Waals surface area contributed by atoms with Gasteiger partial charge in [0.2, 0.25) is 11.9 Å². The third kappa shape index (κ3) is 6.12. The molecule has 0 unspecified atom stereocenters. The lowest BCUT2D eigenvalue weighted by molar-refractivity contribution is -0.116. The number of nitrogens with one attached hydrogen (secondary N) is 2. The number of benzene rings is 2. The quantitative estimate of drug-likeness (QED) is 0.260. The first-order valence-electron chi connectivity index (χ1n) is 9.99. The first-order chi connectivity index (χ1) is 15.7. The third-order valence-electron chi connectivity index (χ3n) is 4.70. The minimum atomic E-state index is -2.54. The summed E-state index contributed by atoms with van der Waals surface area (Å²) in [4.78, 5) is 20.1. The van der Waals surface area contributed by atoms with E-state index < -0.39 is 7.14 Å². The standard InChI is InChI=1S/C23H25ClN5O3P/c1-5-22(30)25-13-16-10-11-20(32-2)18(12-16)28-23-26-14-17(15-27-23)29(24)19-8-6-7-9-21(19)33(3,4)31/h5-12,14-15H,1,13H2,2-4H3,(H,25,30)(H,26,27,28). The highest BCUT2D eigenvalue weighted by atomic mass is 35.5. The number of carbonyl (C=O) groups excluding carboxylic acids is 1. The van der Waals surface area contributed by atoms with Crippen molar-refractivity contribution in [2.45, 2.75) is 6.54 Å². The van der Waals surface area contributed by atoms with Crippen LogP contribution in [0.15, 0.2) is 67.5 Å². The van der Waals surface area contributed by atoms with Crippen molar-refractivity contribution in [1.82, 2.24) is 15.3 Å². The van der Waals surface area contributed by atoms with Crippen LogP contribution < -0.4 is 25.1 Å². The van der Waals surface area contributed by atoms with Gasteiger partial charge in [-0.15, -0.1) is 0 Å². The fourth-order valence-electron chi connectivity index (χ4n) is 3.06. The normalized spacial score (nSPS) is 10.9. The molecule has 3 aromatic rings. The molecule has 8 nitrogen and oxygen atoms in total. The summed E-state index contributed by atoms with van der Waals surface area (Å²) in [7, 11) is -0.976. The molecule has 0 radical (unpaired) electrons. The number of hydrogen-bond acceptors (Lipinski definition) is 7. The summed E-state index contributed by atoms with van der Waals surface area (Å²) in [6.45, 7) is 7.17. The van der Waals surface area contributed by atoms with E-state index in [0.29, 0.717) is 40.6 Å². The van der Waals surface area contributed by atoms with Gasteiger partial charge in [-0.25, -0.2) is 14.4 Å². The Labute approximate surface area is 198 Å². The lowest BCUT2D eigenvalue weighted by Crippen LogP contribution is -2.19. The number of carbonyl (C=O) groups is 1. The summed E-state index contributed by atoms with van der Waals surface area (Å²) in [5.74, 6) is 0.671. The van der Waals surface area contributed by atoms with Crippen LogP contribution in [-0.2, 0) is 15.9 Å². The predicted octanol–water partition coefficient (Wildman–Crippen LogP) is 4.57. The summed E-state index contributed by atoms with van der Waals surface area (Å²) in [6.07, 6.45) is 4.35. The average molecular weight is 486 g/mol. The van der Waals surface area contributed by atoms with Gasteiger partial charge < -0.3 is 19.9 Å². The van der Waals surface area contributed by atoms with E-state index in [1.54, 1.807) is 51.0 Å². The maximum absolute atomic E-state index is 12.7. The second kappa shape index (κ2) is 10.5. The Balaban J connectivity index is 1.81. The molecular weight excluding hydrogens is 461 g/mol. The van der Waals surface area contributed by atoms with Gasteiger partial charge in [-0.3, -0.25) is 4.79 Å². The molecule has 0 saturated heterocycles. The highest BCUT2D eigenvalue weighted by molar-refractivity contribution is 7.70. The summed E-state index contributed by atoms with van der Waals surface area (Å²) in [6, 6.07) is 12.7. The zero-order chi connectivity index (χ0) is 24.0. The maximum atomic E-state index is 12.7. The summed E-state index contributed by atoms with van der Waals surface area (Å²) in [5, 5.41) is 6.52. The topological polar surface area (TPSA) is 96.5 Å². The molecule has 0 aliphatic rings. The molecule has 0 atom stereocenters. The molecule has 0 spiro atoms. The molecule has 1 aromatic heterocycles. The Morgan fingerprint density at radius 1 is 1.21 bits per heavy atom. The lowest BCUT2D eigenvalue weighted by atomic mass is 10.2. The molecule has 10 heteroatoms. The zero-order valence-corrected chi connectivity index (χ0v) is 20.2. The van der Waals surface area contributed by atoms with Crippen LogP contribution in [0.25, 0.3) is 0 Å². The molecule has 3 rings (SSSR count). The van der Waals surface area contributed by atoms with Crippen molar-refractivity contribution < 1.29 is 14.1 Å². The highest BCUT2D eigenvalue weighted by Crippen LogP contribution is 2.40. The first-order valence-corrected chi connectivity index (χ1v) is 12.9. The number of nitrogens with zero attached hydrogens (tertiary/aromatic N) is 3. The van der Waals surface area contributed by atoms with Crippen molar-refractivity contribution in [2.24, 2.45) is 0 Å². The van der Waals surface area contributed by atoms with Crippen LogP contribution in [0.2, 0.25) is 0 Å². The molecule has 0 saturated carbocycles. The van der Waals surface area contributed by atoms with E-state index in [4.69, 9.17) is 16.5 Å². The highest BCUT2D eigenvalue weighted by Gasteiger charge is 2.20. The number of para-hydroxylation sites is 1. The predicted molar refractivity (Wildman–Crippen MR) is 134 cm³/mol. The van der Waals surface area contributed by atoms with Gasteiger partial charge in [-0.05, 0) is 49.2 Å². The van der Waals surface area contributed by atoms with Crippen LogP contribution in [0, 0.1) is 0 Å². The Morgan fingerprint density at radius 2 is 1.91 bits per heavy atom. The minimum Gasteiger partial charge on any atom is -0.495 e. The number of amides is 1. The number of rotatable bonds is 9. The third-order valence-corrected chi connectivity index (χ3v) is 6.62. The number of aromatic nitrogens is 2. The van der Waals surface area contributed by atoms with Gasteiger partial charge in [0.1, 0.15) is 12.9 Å². The van der Waals surface area contributed by atoms with Crippen molar-refractivity contribution in [3.05, 3.63) is 73.1 Å². The smallest absolute Gasteiger partial charge is 0.243 e. The van der Waals surface area contributed by atoms with Crippen LogP contribution >= 0.6 is 18.9 Å². The molecule has 1 amide bonds. The molecule has 2 N–H and O–H groups in total. The van der Waals surface area contributed by atoms with E-state index in [1.165, 1.54) is 10.5 Å². The van der Waals surface area contributed by atoms with E-state index >= 15 is 0 Å². The van der Waals surface area contributed by atoms with Crippen LogP contribution in [0.1, 0.15) is 5.56 Å². The van der Waals surface area contributed by atoms with Crippen LogP contribution in [-0.4, -0.2) is 36.3 Å². The second-order valence-corrected chi connectivity index (χ2v) is 11.0. The summed E-state index contributed by atoms with van der Waals surface area (Å²) in [5.41, 5.74) is 2.64. The summed E-state index contributed by atoms with van der Waals surface area (Å²) >= 11 is 6.55.